The quantitative estimate of drug-likeness (QED) is 0.661. The Morgan fingerprint density at radius 3 is 2.71 bits per heavy atom. The minimum atomic E-state index is 0.235. The summed E-state index contributed by atoms with van der Waals surface area (Å²) in [5, 5.41) is 1.15. The van der Waals surface area contributed by atoms with Gasteiger partial charge in [0.25, 0.3) is 0 Å². The minimum Gasteiger partial charge on any atom is -0.361 e. The topological polar surface area (TPSA) is 32.9 Å². The van der Waals surface area contributed by atoms with Gasteiger partial charge in [0.15, 0.2) is 5.78 Å². The first-order valence-electron chi connectivity index (χ1n) is 7.22. The van der Waals surface area contributed by atoms with E-state index >= 15 is 0 Å². The van der Waals surface area contributed by atoms with Gasteiger partial charge in [0, 0.05) is 34.7 Å². The monoisotopic (exact) mass is 273 g/mol. The Kier molecular flexibility index (Phi) is 2.74. The van der Waals surface area contributed by atoms with Gasteiger partial charge in [-0.25, -0.2) is 0 Å². The second-order valence-electron chi connectivity index (χ2n) is 5.43. The lowest BCUT2D eigenvalue weighted by molar-refractivity contribution is -0.113. The number of allylic oxidation sites excluding steroid dienone is 1. The molecule has 1 aliphatic carbocycles. The lowest BCUT2D eigenvalue weighted by Gasteiger charge is -2.17. The number of fused-ring (bicyclic) bond motifs is 2. The number of aromatic nitrogens is 1. The van der Waals surface area contributed by atoms with Gasteiger partial charge >= 0.3 is 0 Å². The fourth-order valence-electron chi connectivity index (χ4n) is 3.06. The molecule has 0 aliphatic heterocycles. The molecule has 21 heavy (non-hydrogen) atoms. The van der Waals surface area contributed by atoms with Crippen LogP contribution in [0.2, 0.25) is 0 Å². The summed E-state index contributed by atoms with van der Waals surface area (Å²) in [6.07, 6.45) is 5.45. The van der Waals surface area contributed by atoms with E-state index in [1.807, 2.05) is 48.7 Å². The van der Waals surface area contributed by atoms with Gasteiger partial charge in [0.05, 0.1) is 0 Å². The Bertz CT molecular complexity index is 870. The Morgan fingerprint density at radius 2 is 1.76 bits per heavy atom. The zero-order valence-electron chi connectivity index (χ0n) is 11.6. The number of hydrogen-bond donors (Lipinski definition) is 1. The van der Waals surface area contributed by atoms with E-state index in [2.05, 4.69) is 17.1 Å². The Morgan fingerprint density at radius 1 is 0.952 bits per heavy atom. The zero-order chi connectivity index (χ0) is 14.2. The maximum absolute atomic E-state index is 12.3. The third-order valence-corrected chi connectivity index (χ3v) is 4.15. The van der Waals surface area contributed by atoms with Gasteiger partial charge in [-0.2, -0.15) is 0 Å². The van der Waals surface area contributed by atoms with Crippen molar-refractivity contribution in [3.63, 3.8) is 0 Å². The summed E-state index contributed by atoms with van der Waals surface area (Å²) < 4.78 is 0. The predicted molar refractivity (Wildman–Crippen MR) is 85.9 cm³/mol. The Labute approximate surface area is 123 Å². The van der Waals surface area contributed by atoms with Gasteiger partial charge in [0.2, 0.25) is 0 Å². The predicted octanol–water partition coefficient (Wildman–Crippen LogP) is 4.22. The lowest BCUT2D eigenvalue weighted by atomic mass is 9.85. The SMILES string of the molecule is O=C1CCc2ccccc2C1=Cc1c[nH]c2ccccc12. The molecule has 1 N–H and O–H groups in total. The molecule has 2 nitrogen and oxygen atoms in total. The molecular formula is C19H15NO. The highest BCUT2D eigenvalue weighted by Crippen LogP contribution is 2.31. The van der Waals surface area contributed by atoms with Gasteiger partial charge < -0.3 is 4.98 Å². The molecule has 2 heteroatoms. The van der Waals surface area contributed by atoms with Crippen molar-refractivity contribution in [3.05, 3.63) is 71.4 Å². The average molecular weight is 273 g/mol. The first-order chi connectivity index (χ1) is 10.3. The number of aryl methyl sites for hydroxylation is 1. The molecule has 102 valence electrons. The summed E-state index contributed by atoms with van der Waals surface area (Å²) in [6.45, 7) is 0. The van der Waals surface area contributed by atoms with Crippen molar-refractivity contribution in [1.29, 1.82) is 0 Å². The zero-order valence-corrected chi connectivity index (χ0v) is 11.6. The van der Waals surface area contributed by atoms with Crippen molar-refractivity contribution in [2.24, 2.45) is 0 Å². The molecule has 0 amide bonds. The van der Waals surface area contributed by atoms with Crippen LogP contribution in [0.15, 0.2) is 54.7 Å². The summed E-state index contributed by atoms with van der Waals surface area (Å²) in [5.74, 6) is 0.235. The second kappa shape index (κ2) is 4.74. The minimum absolute atomic E-state index is 0.235. The molecule has 0 fully saturated rings. The summed E-state index contributed by atoms with van der Waals surface area (Å²) in [4.78, 5) is 15.6. The lowest BCUT2D eigenvalue weighted by Crippen LogP contribution is -2.11. The summed E-state index contributed by atoms with van der Waals surface area (Å²) in [5.41, 5.74) is 5.36. The van der Waals surface area contributed by atoms with Crippen LogP contribution >= 0.6 is 0 Å². The number of nitrogens with one attached hydrogen (secondary N) is 1. The van der Waals surface area contributed by atoms with Gasteiger partial charge in [-0.15, -0.1) is 0 Å². The molecule has 0 bridgehead atoms. The molecule has 3 aromatic rings. The Balaban J connectivity index is 1.91. The third-order valence-electron chi connectivity index (χ3n) is 4.15. The summed E-state index contributed by atoms with van der Waals surface area (Å²) in [6, 6.07) is 16.4. The van der Waals surface area contributed by atoms with Crippen LogP contribution < -0.4 is 0 Å². The van der Waals surface area contributed by atoms with Crippen LogP contribution in [-0.4, -0.2) is 10.8 Å². The molecule has 0 saturated carbocycles. The largest absolute Gasteiger partial charge is 0.361 e. The number of aromatic amines is 1. The number of ketones is 1. The van der Waals surface area contributed by atoms with Gasteiger partial charge in [0.1, 0.15) is 0 Å². The second-order valence-corrected chi connectivity index (χ2v) is 5.43. The molecule has 0 atom stereocenters. The maximum atomic E-state index is 12.3. The van der Waals surface area contributed by atoms with Crippen LogP contribution in [0.1, 0.15) is 23.1 Å². The fourth-order valence-corrected chi connectivity index (χ4v) is 3.06. The van der Waals surface area contributed by atoms with Gasteiger partial charge in [-0.05, 0) is 29.7 Å². The normalized spacial score (nSPS) is 16.4. The Hall–Kier alpha value is -2.61. The standard InChI is InChI=1S/C19H15NO/c21-19-10-9-13-5-1-2-6-15(13)17(19)11-14-12-20-18-8-4-3-7-16(14)18/h1-8,11-12,20H,9-10H2. The van der Waals surface area contributed by atoms with Crippen molar-refractivity contribution < 1.29 is 4.79 Å². The van der Waals surface area contributed by atoms with Crippen molar-refractivity contribution in [3.8, 4) is 0 Å². The van der Waals surface area contributed by atoms with Crippen LogP contribution in [0, 0.1) is 0 Å². The molecular weight excluding hydrogens is 258 g/mol. The van der Waals surface area contributed by atoms with Crippen molar-refractivity contribution in [2.75, 3.05) is 0 Å². The fraction of sp³-hybridized carbons (Fsp3) is 0.105. The van der Waals surface area contributed by atoms with Gasteiger partial charge in [-0.3, -0.25) is 4.79 Å². The van der Waals surface area contributed by atoms with E-state index in [1.54, 1.807) is 0 Å². The molecule has 4 rings (SSSR count). The van der Waals surface area contributed by atoms with Gasteiger partial charge in [-0.1, -0.05) is 42.5 Å². The molecule has 1 aromatic heterocycles. The van der Waals surface area contributed by atoms with Crippen LogP contribution in [0.3, 0.4) is 0 Å². The molecule has 0 unspecified atom stereocenters. The number of benzene rings is 2. The number of para-hydroxylation sites is 1. The molecule has 0 radical (unpaired) electrons. The first-order valence-corrected chi connectivity index (χ1v) is 7.22. The molecule has 1 aliphatic rings. The highest BCUT2D eigenvalue weighted by atomic mass is 16.1. The molecule has 2 aromatic carbocycles. The summed E-state index contributed by atoms with van der Waals surface area (Å²) >= 11 is 0. The number of hydrogen-bond acceptors (Lipinski definition) is 1. The van der Waals surface area contributed by atoms with Crippen LogP contribution in [0.5, 0.6) is 0 Å². The van der Waals surface area contributed by atoms with E-state index in [0.29, 0.717) is 6.42 Å². The van der Waals surface area contributed by atoms with E-state index in [1.165, 1.54) is 5.56 Å². The van der Waals surface area contributed by atoms with E-state index in [9.17, 15) is 4.79 Å². The molecule has 0 saturated heterocycles. The number of carbonyl (C=O) groups excluding carboxylic acids is 1. The number of rotatable bonds is 1. The number of H-pyrrole nitrogens is 1. The number of Topliss-reactive ketones (excluding diaryl/α,β-unsaturated/α-hetero) is 1. The summed E-state index contributed by atoms with van der Waals surface area (Å²) in [7, 11) is 0. The van der Waals surface area contributed by atoms with E-state index in [4.69, 9.17) is 0 Å². The highest BCUT2D eigenvalue weighted by molar-refractivity contribution is 6.27. The smallest absolute Gasteiger partial charge is 0.163 e. The van der Waals surface area contributed by atoms with Crippen molar-refractivity contribution in [1.82, 2.24) is 4.98 Å². The first kappa shape index (κ1) is 12.2. The molecule has 1 heterocycles. The van der Waals surface area contributed by atoms with Crippen molar-refractivity contribution >= 4 is 28.3 Å². The maximum Gasteiger partial charge on any atom is 0.163 e. The van der Waals surface area contributed by atoms with Crippen LogP contribution in [0.25, 0.3) is 22.6 Å². The van der Waals surface area contributed by atoms with Crippen molar-refractivity contribution in [2.45, 2.75) is 12.8 Å². The third kappa shape index (κ3) is 2.00. The van der Waals surface area contributed by atoms with E-state index in [-0.39, 0.29) is 5.78 Å². The van der Waals surface area contributed by atoms with Crippen LogP contribution in [-0.2, 0) is 11.2 Å². The number of carbonyl (C=O) groups is 1. The average Bonchev–Trinajstić information content (AvgIpc) is 2.93. The van der Waals surface area contributed by atoms with E-state index in [0.717, 1.165) is 34.0 Å². The van der Waals surface area contributed by atoms with Crippen LogP contribution in [0.4, 0.5) is 0 Å². The van der Waals surface area contributed by atoms with E-state index < -0.39 is 0 Å². The highest BCUT2D eigenvalue weighted by Gasteiger charge is 2.21. The molecule has 0 spiro atoms.